The first-order valence-electron chi connectivity index (χ1n) is 11.9. The van der Waals surface area contributed by atoms with E-state index in [1.54, 1.807) is 6.92 Å². The Hall–Kier alpha value is -2.40. The lowest BCUT2D eigenvalue weighted by Gasteiger charge is -2.07. The molecule has 1 fully saturated rings. The van der Waals surface area contributed by atoms with Crippen molar-refractivity contribution in [3.63, 3.8) is 0 Å². The zero-order valence-electron chi connectivity index (χ0n) is 21.8. The SMILES string of the molecule is C#Cc1cc(C)c(C)cc1C1CC1.C=C(C)c1cc(F)cc(F)c1.CC.CC.CCCC. The highest BCUT2D eigenvalue weighted by molar-refractivity contribution is 5.61. The summed E-state index contributed by atoms with van der Waals surface area (Å²) in [4.78, 5) is 0. The molecule has 0 amide bonds. The van der Waals surface area contributed by atoms with Crippen molar-refractivity contribution in [2.24, 2.45) is 0 Å². The molecule has 0 bridgehead atoms. The van der Waals surface area contributed by atoms with E-state index in [9.17, 15) is 8.78 Å². The summed E-state index contributed by atoms with van der Waals surface area (Å²) in [5, 5.41) is 0. The highest BCUT2D eigenvalue weighted by Crippen LogP contribution is 2.42. The van der Waals surface area contributed by atoms with Gasteiger partial charge < -0.3 is 0 Å². The maximum absolute atomic E-state index is 12.5. The van der Waals surface area contributed by atoms with E-state index in [0.29, 0.717) is 11.1 Å². The molecule has 0 saturated heterocycles. The first-order valence-corrected chi connectivity index (χ1v) is 11.9. The van der Waals surface area contributed by atoms with Crippen molar-refractivity contribution >= 4 is 5.57 Å². The van der Waals surface area contributed by atoms with Gasteiger partial charge in [-0.3, -0.25) is 0 Å². The molecule has 0 spiro atoms. The van der Waals surface area contributed by atoms with E-state index in [1.165, 1.54) is 54.5 Å². The topological polar surface area (TPSA) is 0 Å². The molecule has 0 heterocycles. The lowest BCUT2D eigenvalue weighted by atomic mass is 9.97. The smallest absolute Gasteiger partial charge is 0.126 e. The maximum Gasteiger partial charge on any atom is 0.126 e. The van der Waals surface area contributed by atoms with Crippen LogP contribution in [0, 0.1) is 37.8 Å². The molecule has 2 heteroatoms. The van der Waals surface area contributed by atoms with Crippen LogP contribution in [0.2, 0.25) is 0 Å². The number of halogens is 2. The van der Waals surface area contributed by atoms with Crippen LogP contribution in [0.1, 0.15) is 108 Å². The van der Waals surface area contributed by atoms with Crippen LogP contribution < -0.4 is 0 Å². The number of allylic oxidation sites excluding steroid dienone is 1. The van der Waals surface area contributed by atoms with Gasteiger partial charge in [-0.1, -0.05) is 78.5 Å². The molecule has 1 aliphatic rings. The third-order valence-electron chi connectivity index (χ3n) is 4.69. The van der Waals surface area contributed by atoms with Crippen molar-refractivity contribution in [1.82, 2.24) is 0 Å². The lowest BCUT2D eigenvalue weighted by molar-refractivity contribution is 0.582. The summed E-state index contributed by atoms with van der Waals surface area (Å²) < 4.78 is 25.0. The molecule has 1 saturated carbocycles. The van der Waals surface area contributed by atoms with E-state index in [2.05, 4.69) is 52.3 Å². The number of aryl methyl sites for hydroxylation is 2. The molecule has 0 atom stereocenters. The summed E-state index contributed by atoms with van der Waals surface area (Å²) in [5.74, 6) is 2.41. The minimum atomic E-state index is -0.567. The van der Waals surface area contributed by atoms with E-state index >= 15 is 0 Å². The average molecular weight is 443 g/mol. The summed E-state index contributed by atoms with van der Waals surface area (Å²) in [6, 6.07) is 7.76. The van der Waals surface area contributed by atoms with Gasteiger partial charge in [0.2, 0.25) is 0 Å². The zero-order chi connectivity index (χ0) is 25.3. The van der Waals surface area contributed by atoms with E-state index in [4.69, 9.17) is 6.42 Å². The van der Waals surface area contributed by atoms with Crippen molar-refractivity contribution in [3.8, 4) is 12.3 Å². The Labute approximate surface area is 197 Å². The van der Waals surface area contributed by atoms with E-state index in [-0.39, 0.29) is 0 Å². The Morgan fingerprint density at radius 2 is 1.34 bits per heavy atom. The van der Waals surface area contributed by atoms with Gasteiger partial charge in [-0.2, -0.15) is 0 Å². The zero-order valence-corrected chi connectivity index (χ0v) is 21.8. The fourth-order valence-electron chi connectivity index (χ4n) is 2.50. The minimum absolute atomic E-state index is 0.502. The van der Waals surface area contributed by atoms with Crippen molar-refractivity contribution in [2.75, 3.05) is 0 Å². The Morgan fingerprint density at radius 3 is 1.69 bits per heavy atom. The monoisotopic (exact) mass is 442 g/mol. The van der Waals surface area contributed by atoms with Crippen LogP contribution in [0.5, 0.6) is 0 Å². The van der Waals surface area contributed by atoms with Crippen molar-refractivity contribution < 1.29 is 8.78 Å². The Kier molecular flexibility index (Phi) is 18.1. The quantitative estimate of drug-likeness (QED) is 0.415. The van der Waals surface area contributed by atoms with E-state index in [0.717, 1.165) is 17.5 Å². The Balaban J connectivity index is 0. The third-order valence-corrected chi connectivity index (χ3v) is 4.69. The predicted octanol–water partition coefficient (Wildman–Crippen LogP) is 10.0. The van der Waals surface area contributed by atoms with Crippen LogP contribution in [0.25, 0.3) is 5.57 Å². The molecular weight excluding hydrogens is 398 g/mol. The number of hydrogen-bond acceptors (Lipinski definition) is 0. The van der Waals surface area contributed by atoms with Gasteiger partial charge >= 0.3 is 0 Å². The molecule has 0 N–H and O–H groups in total. The maximum atomic E-state index is 12.5. The van der Waals surface area contributed by atoms with Gasteiger partial charge in [0.05, 0.1) is 0 Å². The second-order valence-electron chi connectivity index (χ2n) is 7.38. The van der Waals surface area contributed by atoms with Gasteiger partial charge in [0.15, 0.2) is 0 Å². The van der Waals surface area contributed by atoms with Crippen molar-refractivity contribution in [1.29, 1.82) is 0 Å². The lowest BCUT2D eigenvalue weighted by Crippen LogP contribution is -1.91. The number of unbranched alkanes of at least 4 members (excludes halogenated alkanes) is 1. The van der Waals surface area contributed by atoms with Crippen LogP contribution in [-0.2, 0) is 0 Å². The molecular formula is C30H44F2. The Morgan fingerprint density at radius 1 is 0.906 bits per heavy atom. The summed E-state index contributed by atoms with van der Waals surface area (Å²) in [6.45, 7) is 21.9. The van der Waals surface area contributed by atoms with E-state index in [1.807, 2.05) is 27.7 Å². The van der Waals surface area contributed by atoms with Crippen molar-refractivity contribution in [2.45, 2.75) is 93.9 Å². The molecule has 0 aromatic heterocycles. The van der Waals surface area contributed by atoms with Gasteiger partial charge in [-0.25, -0.2) is 8.78 Å². The molecule has 0 radical (unpaired) electrons. The molecule has 178 valence electrons. The van der Waals surface area contributed by atoms with Crippen LogP contribution in [0.15, 0.2) is 36.9 Å². The first-order chi connectivity index (χ1) is 15.2. The predicted molar refractivity (Wildman–Crippen MR) is 140 cm³/mol. The molecule has 0 nitrogen and oxygen atoms in total. The van der Waals surface area contributed by atoms with Crippen LogP contribution in [0.3, 0.4) is 0 Å². The van der Waals surface area contributed by atoms with E-state index < -0.39 is 11.6 Å². The molecule has 2 aromatic carbocycles. The second kappa shape index (κ2) is 18.2. The van der Waals surface area contributed by atoms with Gasteiger partial charge in [0.25, 0.3) is 0 Å². The summed E-state index contributed by atoms with van der Waals surface area (Å²) >= 11 is 0. The molecule has 0 unspecified atom stereocenters. The summed E-state index contributed by atoms with van der Waals surface area (Å²) in [5.41, 5.74) is 6.32. The number of benzene rings is 2. The minimum Gasteiger partial charge on any atom is -0.207 e. The van der Waals surface area contributed by atoms with Crippen molar-refractivity contribution in [3.05, 3.63) is 76.4 Å². The highest BCUT2D eigenvalue weighted by Gasteiger charge is 2.25. The second-order valence-corrected chi connectivity index (χ2v) is 7.38. The number of terminal acetylenes is 1. The summed E-state index contributed by atoms with van der Waals surface area (Å²) in [7, 11) is 0. The van der Waals surface area contributed by atoms with Gasteiger partial charge in [-0.15, -0.1) is 6.42 Å². The largest absolute Gasteiger partial charge is 0.207 e. The molecule has 1 aliphatic carbocycles. The molecule has 2 aromatic rings. The van der Waals surface area contributed by atoms with Gasteiger partial charge in [-0.05, 0) is 80.0 Å². The fraction of sp³-hybridized carbons (Fsp3) is 0.467. The first kappa shape index (κ1) is 31.8. The fourth-order valence-corrected chi connectivity index (χ4v) is 2.50. The van der Waals surface area contributed by atoms with Crippen LogP contribution >= 0.6 is 0 Å². The number of hydrogen-bond donors (Lipinski definition) is 0. The summed E-state index contributed by atoms with van der Waals surface area (Å²) in [6.07, 6.45) is 10.8. The average Bonchev–Trinajstić information content (AvgIpc) is 3.63. The molecule has 0 aliphatic heterocycles. The standard InChI is InChI=1S/C13H14.C9H8F2.C4H10.2C2H6/c1-4-11-7-9(2)10(3)8-13(11)12-5-6-12;1-6(2)7-3-8(10)5-9(11)4-7;1-3-4-2;2*1-2/h1,7-8,12H,5-6H2,2-3H3;3-5H,1H2,2H3;3-4H2,1-2H3;2*1-2H3. The molecule has 3 rings (SSSR count). The van der Waals surface area contributed by atoms with Crippen LogP contribution in [0.4, 0.5) is 8.78 Å². The van der Waals surface area contributed by atoms with Gasteiger partial charge in [0.1, 0.15) is 11.6 Å². The highest BCUT2D eigenvalue weighted by atomic mass is 19.1. The Bertz CT molecular complexity index is 814. The molecule has 32 heavy (non-hydrogen) atoms. The van der Waals surface area contributed by atoms with Gasteiger partial charge in [0, 0.05) is 11.6 Å². The van der Waals surface area contributed by atoms with Crippen LogP contribution in [-0.4, -0.2) is 0 Å². The third kappa shape index (κ3) is 12.5. The number of rotatable bonds is 3. The normalized spacial score (nSPS) is 10.9.